The van der Waals surface area contributed by atoms with Gasteiger partial charge in [0, 0.05) is 4.47 Å². The van der Waals surface area contributed by atoms with Crippen molar-refractivity contribution in [1.82, 2.24) is 0 Å². The van der Waals surface area contributed by atoms with E-state index >= 15 is 0 Å². The fourth-order valence-electron chi connectivity index (χ4n) is 0.609. The van der Waals surface area contributed by atoms with Crippen LogP contribution >= 0.6 is 15.9 Å². The number of alkyl halides is 3. The largest absolute Gasteiger partial charge is 0.497 e. The van der Waals surface area contributed by atoms with E-state index in [0.29, 0.717) is 0 Å². The van der Waals surface area contributed by atoms with Crippen LogP contribution in [0.4, 0.5) is 13.2 Å². The van der Waals surface area contributed by atoms with Gasteiger partial charge < -0.3 is 4.74 Å². The smallest absolute Gasteiger partial charge is 0.416 e. The van der Waals surface area contributed by atoms with Crippen LogP contribution in [0.3, 0.4) is 0 Å². The molecule has 0 aliphatic heterocycles. The summed E-state index contributed by atoms with van der Waals surface area (Å²) in [6.45, 7) is 0. The molecule has 0 amide bonds. The molecule has 13 heavy (non-hydrogen) atoms. The van der Waals surface area contributed by atoms with Crippen LogP contribution in [0.15, 0.2) is 22.6 Å². The molecule has 0 aliphatic carbocycles. The molecule has 0 aromatic heterocycles. The van der Waals surface area contributed by atoms with Crippen LogP contribution in [0.25, 0.3) is 0 Å². The highest BCUT2D eigenvalue weighted by molar-refractivity contribution is 9.10. The molecular formula is C8H6BrF3O. The highest BCUT2D eigenvalue weighted by Gasteiger charge is 2.31. The highest BCUT2D eigenvalue weighted by atomic mass is 79.9. The van der Waals surface area contributed by atoms with Crippen LogP contribution in [0.1, 0.15) is 13.8 Å². The lowest BCUT2D eigenvalue weighted by atomic mass is 10.2. The van der Waals surface area contributed by atoms with Crippen LogP contribution in [-0.2, 0) is 6.18 Å². The molecular weight excluding hydrogens is 249 g/mol. The van der Waals surface area contributed by atoms with Crippen molar-refractivity contribution in [3.05, 3.63) is 28.2 Å². The first-order valence-electron chi connectivity index (χ1n) is 5.91. The Morgan fingerprint density at radius 3 is 2.69 bits per heavy atom. The minimum atomic E-state index is -5.03. The van der Waals surface area contributed by atoms with Gasteiger partial charge >= 0.3 is 6.18 Å². The number of ether oxygens (including phenoxy) is 1. The third-order valence-electron chi connectivity index (χ3n) is 1.08. The lowest BCUT2D eigenvalue weighted by Gasteiger charge is -2.08. The summed E-state index contributed by atoms with van der Waals surface area (Å²) in [5.41, 5.74) is -1.66. The van der Waals surface area contributed by atoms with Crippen molar-refractivity contribution >= 4 is 15.9 Å². The van der Waals surface area contributed by atoms with E-state index in [0.717, 1.165) is 0 Å². The summed E-state index contributed by atoms with van der Waals surface area (Å²) in [7, 11) is -3.10. The maximum atomic E-state index is 12.7. The standard InChI is InChI=1S/C8H6BrF3O/c1-13-7-3-5(8(10,11)12)2-6(9)4-7/h2-4H,1H3/i1D3,2D,3D,4D. The van der Waals surface area contributed by atoms with E-state index in [1.165, 1.54) is 0 Å². The SMILES string of the molecule is [2H]c1c(Br)c([2H])c(C(F)(F)F)c([2H])c1OC([2H])([2H])[2H]. The Bertz CT molecular complexity index is 513. The van der Waals surface area contributed by atoms with Gasteiger partial charge in [0.05, 0.1) is 20.8 Å². The first-order valence-corrected chi connectivity index (χ1v) is 3.71. The zero-order valence-electron chi connectivity index (χ0n) is 11.9. The van der Waals surface area contributed by atoms with E-state index in [-0.39, 0.29) is 0 Å². The van der Waals surface area contributed by atoms with E-state index in [1.54, 1.807) is 0 Å². The van der Waals surface area contributed by atoms with Gasteiger partial charge in [0.25, 0.3) is 0 Å². The van der Waals surface area contributed by atoms with Gasteiger partial charge in [-0.1, -0.05) is 15.9 Å². The van der Waals surface area contributed by atoms with Crippen molar-refractivity contribution in [2.75, 3.05) is 7.04 Å². The molecule has 0 bridgehead atoms. The summed E-state index contributed by atoms with van der Waals surface area (Å²) in [4.78, 5) is 0. The van der Waals surface area contributed by atoms with Gasteiger partial charge in [0.2, 0.25) is 0 Å². The molecule has 5 heteroatoms. The average Bonchev–Trinajstić information content (AvgIpc) is 2.18. The van der Waals surface area contributed by atoms with Crippen LogP contribution in [-0.4, -0.2) is 7.04 Å². The molecule has 0 radical (unpaired) electrons. The number of halogens is 4. The summed E-state index contributed by atoms with van der Waals surface area (Å²) in [5.74, 6) is -1.05. The molecule has 0 saturated heterocycles. The molecule has 0 aliphatic rings. The van der Waals surface area contributed by atoms with Crippen LogP contribution in [0.5, 0.6) is 5.75 Å². The molecule has 1 aromatic rings. The Kier molecular flexibility index (Phi) is 1.29. The van der Waals surface area contributed by atoms with Crippen LogP contribution in [0, 0.1) is 0 Å². The summed E-state index contributed by atoms with van der Waals surface area (Å²) in [6.07, 6.45) is -5.03. The Morgan fingerprint density at radius 1 is 1.46 bits per heavy atom. The van der Waals surface area contributed by atoms with Crippen molar-refractivity contribution in [3.8, 4) is 5.75 Å². The third kappa shape index (κ3) is 2.62. The first kappa shape index (κ1) is 4.68. The van der Waals surface area contributed by atoms with Crippen molar-refractivity contribution in [2.45, 2.75) is 6.18 Å². The van der Waals surface area contributed by atoms with E-state index < -0.39 is 47.1 Å². The molecule has 1 nitrogen and oxygen atoms in total. The fraction of sp³-hybridized carbons (Fsp3) is 0.250. The molecule has 0 spiro atoms. The Labute approximate surface area is 90.1 Å². The third-order valence-corrected chi connectivity index (χ3v) is 1.48. The number of rotatable bonds is 1. The van der Waals surface area contributed by atoms with Gasteiger partial charge in [0.1, 0.15) is 5.75 Å². The van der Waals surface area contributed by atoms with Crippen LogP contribution < -0.4 is 4.74 Å². The molecule has 0 fully saturated rings. The highest BCUT2D eigenvalue weighted by Crippen LogP contribution is 2.33. The minimum absolute atomic E-state index is 0.588. The fourth-order valence-corrected chi connectivity index (χ4v) is 0.988. The Balaban J connectivity index is 3.62. The van der Waals surface area contributed by atoms with Crippen molar-refractivity contribution in [3.63, 3.8) is 0 Å². The van der Waals surface area contributed by atoms with E-state index in [9.17, 15) is 13.2 Å². The second-order valence-electron chi connectivity index (χ2n) is 1.99. The van der Waals surface area contributed by atoms with E-state index in [2.05, 4.69) is 20.7 Å². The van der Waals surface area contributed by atoms with Crippen LogP contribution in [0.2, 0.25) is 0 Å². The van der Waals surface area contributed by atoms with E-state index in [4.69, 9.17) is 8.22 Å². The summed E-state index contributed by atoms with van der Waals surface area (Å²) < 4.78 is 84.2. The van der Waals surface area contributed by atoms with Crippen molar-refractivity contribution < 1.29 is 26.1 Å². The zero-order valence-corrected chi connectivity index (χ0v) is 7.51. The van der Waals surface area contributed by atoms with Gasteiger partial charge in [-0.3, -0.25) is 0 Å². The lowest BCUT2D eigenvalue weighted by molar-refractivity contribution is -0.137. The quantitative estimate of drug-likeness (QED) is 0.752. The molecule has 1 rings (SSSR count). The molecule has 0 heterocycles. The first-order chi connectivity index (χ1) is 8.36. The minimum Gasteiger partial charge on any atom is -0.497 e. The molecule has 0 saturated carbocycles. The molecule has 1 aromatic carbocycles. The predicted molar refractivity (Wildman–Crippen MR) is 45.7 cm³/mol. The predicted octanol–water partition coefficient (Wildman–Crippen LogP) is 3.48. The van der Waals surface area contributed by atoms with Gasteiger partial charge in [0.15, 0.2) is 0 Å². The maximum Gasteiger partial charge on any atom is 0.416 e. The number of benzene rings is 1. The summed E-state index contributed by atoms with van der Waals surface area (Å²) in [6, 6.07) is -3.25. The topological polar surface area (TPSA) is 9.23 Å². The van der Waals surface area contributed by atoms with Crippen molar-refractivity contribution in [1.29, 1.82) is 0 Å². The Morgan fingerprint density at radius 2 is 2.15 bits per heavy atom. The summed E-state index contributed by atoms with van der Waals surface area (Å²) in [5, 5.41) is 0. The number of hydrogen-bond donors (Lipinski definition) is 0. The van der Waals surface area contributed by atoms with Gasteiger partial charge in [-0.05, 0) is 18.1 Å². The molecule has 0 atom stereocenters. The lowest BCUT2D eigenvalue weighted by Crippen LogP contribution is -2.04. The number of methoxy groups -OCH3 is 1. The average molecular weight is 261 g/mol. The summed E-state index contributed by atoms with van der Waals surface area (Å²) >= 11 is 2.59. The molecule has 0 N–H and O–H groups in total. The van der Waals surface area contributed by atoms with Crippen molar-refractivity contribution in [2.24, 2.45) is 0 Å². The second-order valence-corrected chi connectivity index (χ2v) is 2.79. The monoisotopic (exact) mass is 260 g/mol. The molecule has 0 unspecified atom stereocenters. The number of hydrogen-bond acceptors (Lipinski definition) is 1. The molecule has 72 valence electrons. The Hall–Kier alpha value is -0.710. The van der Waals surface area contributed by atoms with E-state index in [1.807, 2.05) is 0 Å². The van der Waals surface area contributed by atoms with Gasteiger partial charge in [-0.2, -0.15) is 13.2 Å². The van der Waals surface area contributed by atoms with Gasteiger partial charge in [-0.25, -0.2) is 0 Å². The normalized spacial score (nSPS) is 19.1. The zero-order chi connectivity index (χ0) is 15.2. The maximum absolute atomic E-state index is 12.7. The van der Waals surface area contributed by atoms with Gasteiger partial charge in [-0.15, -0.1) is 0 Å². The second kappa shape index (κ2) is 3.57.